The summed E-state index contributed by atoms with van der Waals surface area (Å²) in [6, 6.07) is 17.8. The fraction of sp³-hybridized carbons (Fsp3) is 0.304. The van der Waals surface area contributed by atoms with Gasteiger partial charge >= 0.3 is 0 Å². The Labute approximate surface area is 170 Å². The summed E-state index contributed by atoms with van der Waals surface area (Å²) in [6.07, 6.45) is 0.976. The number of amides is 1. The molecule has 0 aliphatic carbocycles. The minimum absolute atomic E-state index is 0.00606. The largest absolute Gasteiger partial charge is 0.497 e. The molecule has 1 amide bonds. The summed E-state index contributed by atoms with van der Waals surface area (Å²) in [6.45, 7) is 1.48. The molecule has 0 radical (unpaired) electrons. The third-order valence-electron chi connectivity index (χ3n) is 5.53. The van der Waals surface area contributed by atoms with Gasteiger partial charge in [0.05, 0.1) is 19.9 Å². The number of ether oxygens (including phenoxy) is 2. The molecule has 3 aromatic rings. The van der Waals surface area contributed by atoms with E-state index < -0.39 is 0 Å². The van der Waals surface area contributed by atoms with E-state index in [-0.39, 0.29) is 5.91 Å². The van der Waals surface area contributed by atoms with Crippen molar-refractivity contribution >= 4 is 5.91 Å². The van der Waals surface area contributed by atoms with Crippen LogP contribution in [-0.2, 0) is 7.05 Å². The van der Waals surface area contributed by atoms with E-state index in [2.05, 4.69) is 29.4 Å². The van der Waals surface area contributed by atoms with E-state index in [1.807, 2.05) is 35.2 Å². The number of aromatic nitrogens is 2. The number of rotatable bonds is 5. The first-order valence-electron chi connectivity index (χ1n) is 9.71. The second-order valence-electron chi connectivity index (χ2n) is 7.25. The summed E-state index contributed by atoms with van der Waals surface area (Å²) >= 11 is 0. The zero-order valence-electron chi connectivity index (χ0n) is 17.0. The highest BCUT2D eigenvalue weighted by molar-refractivity contribution is 5.94. The number of carbonyl (C=O) groups excluding carboxylic acids is 1. The Morgan fingerprint density at radius 3 is 2.59 bits per heavy atom. The summed E-state index contributed by atoms with van der Waals surface area (Å²) in [5.74, 6) is 1.79. The number of hydrogen-bond acceptors (Lipinski definition) is 4. The van der Waals surface area contributed by atoms with Crippen LogP contribution >= 0.6 is 0 Å². The average Bonchev–Trinajstić information content (AvgIpc) is 3.40. The van der Waals surface area contributed by atoms with Crippen LogP contribution in [0.25, 0.3) is 11.3 Å². The molecule has 6 heteroatoms. The summed E-state index contributed by atoms with van der Waals surface area (Å²) in [7, 11) is 5.04. The number of hydrogen-bond donors (Lipinski definition) is 0. The molecule has 1 aliphatic rings. The van der Waals surface area contributed by atoms with Crippen LogP contribution in [0.2, 0.25) is 0 Å². The minimum Gasteiger partial charge on any atom is -0.497 e. The van der Waals surface area contributed by atoms with E-state index in [0.717, 1.165) is 25.1 Å². The van der Waals surface area contributed by atoms with Crippen LogP contribution < -0.4 is 9.47 Å². The van der Waals surface area contributed by atoms with Crippen molar-refractivity contribution in [3.63, 3.8) is 0 Å². The minimum atomic E-state index is 0.00606. The highest BCUT2D eigenvalue weighted by atomic mass is 16.5. The predicted octanol–water partition coefficient (Wildman–Crippen LogP) is 3.73. The van der Waals surface area contributed by atoms with Crippen LogP contribution in [0.3, 0.4) is 0 Å². The lowest BCUT2D eigenvalue weighted by molar-refractivity contribution is 0.0780. The molecular formula is C23H25N3O3. The summed E-state index contributed by atoms with van der Waals surface area (Å²) in [5.41, 5.74) is 3.34. The van der Waals surface area contributed by atoms with E-state index in [4.69, 9.17) is 9.47 Å². The Balaban J connectivity index is 1.58. The first kappa shape index (κ1) is 19.1. The Morgan fingerprint density at radius 1 is 1.07 bits per heavy atom. The molecule has 1 saturated heterocycles. The third-order valence-corrected chi connectivity index (χ3v) is 5.53. The van der Waals surface area contributed by atoms with Gasteiger partial charge in [-0.1, -0.05) is 30.3 Å². The molecular weight excluding hydrogens is 366 g/mol. The molecule has 1 aliphatic heterocycles. The number of aryl methyl sites for hydroxylation is 1. The van der Waals surface area contributed by atoms with Crippen molar-refractivity contribution in [2.24, 2.45) is 7.05 Å². The molecule has 0 bridgehead atoms. The quantitative estimate of drug-likeness (QED) is 0.665. The van der Waals surface area contributed by atoms with Crippen LogP contribution in [0.4, 0.5) is 0 Å². The van der Waals surface area contributed by atoms with Crippen molar-refractivity contribution in [2.45, 2.75) is 12.3 Å². The average molecular weight is 391 g/mol. The fourth-order valence-electron chi connectivity index (χ4n) is 3.92. The number of likely N-dealkylation sites (tertiary alicyclic amines) is 1. The smallest absolute Gasteiger partial charge is 0.272 e. The first-order valence-corrected chi connectivity index (χ1v) is 9.71. The van der Waals surface area contributed by atoms with E-state index in [9.17, 15) is 4.79 Å². The van der Waals surface area contributed by atoms with Crippen molar-refractivity contribution in [1.29, 1.82) is 0 Å². The van der Waals surface area contributed by atoms with Crippen molar-refractivity contribution in [3.05, 3.63) is 65.9 Å². The number of nitrogens with zero attached hydrogens (tertiary/aromatic N) is 3. The Bertz CT molecular complexity index is 1010. The topological polar surface area (TPSA) is 56.6 Å². The van der Waals surface area contributed by atoms with E-state index in [1.165, 1.54) is 5.56 Å². The van der Waals surface area contributed by atoms with Crippen molar-refractivity contribution in [1.82, 2.24) is 14.7 Å². The van der Waals surface area contributed by atoms with Crippen LogP contribution in [0.1, 0.15) is 28.4 Å². The summed E-state index contributed by atoms with van der Waals surface area (Å²) < 4.78 is 12.4. The maximum atomic E-state index is 13.2. The van der Waals surface area contributed by atoms with E-state index in [1.54, 1.807) is 25.9 Å². The third kappa shape index (κ3) is 3.70. The molecule has 1 aromatic heterocycles. The van der Waals surface area contributed by atoms with Gasteiger partial charge in [-0.25, -0.2) is 0 Å². The van der Waals surface area contributed by atoms with Crippen molar-refractivity contribution in [3.8, 4) is 22.8 Å². The Hall–Kier alpha value is -3.28. The van der Waals surface area contributed by atoms with E-state index in [0.29, 0.717) is 28.8 Å². The van der Waals surface area contributed by atoms with E-state index >= 15 is 0 Å². The normalized spacial score (nSPS) is 16.1. The maximum Gasteiger partial charge on any atom is 0.272 e. The van der Waals surface area contributed by atoms with Crippen LogP contribution in [0, 0.1) is 0 Å². The molecule has 6 nitrogen and oxygen atoms in total. The summed E-state index contributed by atoms with van der Waals surface area (Å²) in [5, 5.41) is 4.57. The Morgan fingerprint density at radius 2 is 1.86 bits per heavy atom. The number of carbonyl (C=O) groups is 1. The predicted molar refractivity (Wildman–Crippen MR) is 111 cm³/mol. The second kappa shape index (κ2) is 7.99. The van der Waals surface area contributed by atoms with Gasteiger partial charge in [-0.3, -0.25) is 9.48 Å². The lowest BCUT2D eigenvalue weighted by Gasteiger charge is -2.16. The van der Waals surface area contributed by atoms with Crippen LogP contribution in [0.15, 0.2) is 54.6 Å². The van der Waals surface area contributed by atoms with Gasteiger partial charge in [0.1, 0.15) is 17.2 Å². The van der Waals surface area contributed by atoms with Gasteiger partial charge in [0.25, 0.3) is 5.91 Å². The lowest BCUT2D eigenvalue weighted by atomic mass is 9.99. The highest BCUT2D eigenvalue weighted by Gasteiger charge is 2.30. The van der Waals surface area contributed by atoms with Gasteiger partial charge in [0.2, 0.25) is 0 Å². The highest BCUT2D eigenvalue weighted by Crippen LogP contribution is 2.34. The molecule has 4 rings (SSSR count). The Kier molecular flexibility index (Phi) is 5.25. The van der Waals surface area contributed by atoms with Gasteiger partial charge in [-0.05, 0) is 36.2 Å². The number of benzene rings is 2. The standard InChI is InChI=1S/C23H25N3O3/c1-25-21(14-20(24-25)19-13-18(28-2)9-10-22(19)29-3)23(27)26-12-11-17(15-26)16-7-5-4-6-8-16/h4-10,13-14,17H,11-12,15H2,1-3H3/t17-/m0/s1. The van der Waals surface area contributed by atoms with Crippen LogP contribution in [-0.4, -0.2) is 47.9 Å². The molecule has 0 spiro atoms. The molecule has 2 aromatic carbocycles. The zero-order chi connectivity index (χ0) is 20.4. The monoisotopic (exact) mass is 391 g/mol. The maximum absolute atomic E-state index is 13.2. The molecule has 1 fully saturated rings. The molecule has 0 saturated carbocycles. The molecule has 150 valence electrons. The van der Waals surface area contributed by atoms with Gasteiger partial charge in [-0.15, -0.1) is 0 Å². The molecule has 0 N–H and O–H groups in total. The van der Waals surface area contributed by atoms with Crippen LogP contribution in [0.5, 0.6) is 11.5 Å². The van der Waals surface area contributed by atoms with Gasteiger partial charge in [-0.2, -0.15) is 5.10 Å². The first-order chi connectivity index (χ1) is 14.1. The molecule has 29 heavy (non-hydrogen) atoms. The number of methoxy groups -OCH3 is 2. The van der Waals surface area contributed by atoms with Gasteiger partial charge in [0, 0.05) is 31.6 Å². The van der Waals surface area contributed by atoms with Crippen molar-refractivity contribution in [2.75, 3.05) is 27.3 Å². The molecule has 0 unspecified atom stereocenters. The summed E-state index contributed by atoms with van der Waals surface area (Å²) in [4.78, 5) is 15.1. The lowest BCUT2D eigenvalue weighted by Crippen LogP contribution is -2.30. The second-order valence-corrected chi connectivity index (χ2v) is 7.25. The van der Waals surface area contributed by atoms with Crippen molar-refractivity contribution < 1.29 is 14.3 Å². The van der Waals surface area contributed by atoms with Gasteiger partial charge < -0.3 is 14.4 Å². The zero-order valence-corrected chi connectivity index (χ0v) is 17.0. The molecule has 1 atom stereocenters. The molecule has 2 heterocycles. The SMILES string of the molecule is COc1ccc(OC)c(-c2cc(C(=O)N3CC[C@H](c4ccccc4)C3)n(C)n2)c1. The fourth-order valence-corrected chi connectivity index (χ4v) is 3.92. The van der Waals surface area contributed by atoms with Gasteiger partial charge in [0.15, 0.2) is 0 Å².